The Hall–Kier alpha value is -2.50. The van der Waals surface area contributed by atoms with E-state index in [4.69, 9.17) is 14.6 Å². The lowest BCUT2D eigenvalue weighted by Crippen LogP contribution is -1.97. The van der Waals surface area contributed by atoms with E-state index >= 15 is 0 Å². The standard InChI is InChI=1S/C13H12N2O4/c16-13(17)4-2-9-6-10(15-14-9)8-1-3-11-12(5-8)19-7-18-11/h1,3,5-6H,2,4,7H2,(H,14,15)(H,16,17). The van der Waals surface area contributed by atoms with Crippen LogP contribution < -0.4 is 9.47 Å². The molecule has 0 atom stereocenters. The molecule has 0 saturated heterocycles. The monoisotopic (exact) mass is 260 g/mol. The van der Waals surface area contributed by atoms with Gasteiger partial charge < -0.3 is 14.6 Å². The SMILES string of the molecule is O=C(O)CCc1cc(-c2ccc3c(c2)OCO3)n[nH]1. The molecule has 0 aliphatic carbocycles. The van der Waals surface area contributed by atoms with E-state index in [1.165, 1.54) is 0 Å². The average molecular weight is 260 g/mol. The Morgan fingerprint density at radius 3 is 3.00 bits per heavy atom. The fraction of sp³-hybridized carbons (Fsp3) is 0.231. The predicted molar refractivity (Wildman–Crippen MR) is 66.1 cm³/mol. The van der Waals surface area contributed by atoms with Crippen molar-refractivity contribution < 1.29 is 19.4 Å². The molecular weight excluding hydrogens is 248 g/mol. The Balaban J connectivity index is 1.80. The van der Waals surface area contributed by atoms with Gasteiger partial charge in [0.15, 0.2) is 11.5 Å². The quantitative estimate of drug-likeness (QED) is 0.876. The summed E-state index contributed by atoms with van der Waals surface area (Å²) in [5, 5.41) is 15.7. The first-order chi connectivity index (χ1) is 9.22. The van der Waals surface area contributed by atoms with Crippen molar-refractivity contribution in [3.8, 4) is 22.8 Å². The number of benzene rings is 1. The maximum absolute atomic E-state index is 10.5. The number of fused-ring (bicyclic) bond motifs is 1. The van der Waals surface area contributed by atoms with Crippen LogP contribution in [-0.4, -0.2) is 28.1 Å². The number of H-pyrrole nitrogens is 1. The lowest BCUT2D eigenvalue weighted by Gasteiger charge is -1.98. The maximum atomic E-state index is 10.5. The summed E-state index contributed by atoms with van der Waals surface area (Å²) in [7, 11) is 0. The van der Waals surface area contributed by atoms with Gasteiger partial charge in [-0.2, -0.15) is 5.10 Å². The molecule has 1 aliphatic rings. The number of aryl methyl sites for hydroxylation is 1. The predicted octanol–water partition coefficient (Wildman–Crippen LogP) is 1.82. The van der Waals surface area contributed by atoms with Crippen molar-refractivity contribution in [1.29, 1.82) is 0 Å². The number of carboxylic acid groups (broad SMARTS) is 1. The molecule has 0 saturated carbocycles. The number of aromatic amines is 1. The smallest absolute Gasteiger partial charge is 0.303 e. The van der Waals surface area contributed by atoms with Crippen LogP contribution in [-0.2, 0) is 11.2 Å². The van der Waals surface area contributed by atoms with Gasteiger partial charge in [-0.3, -0.25) is 9.89 Å². The second-order valence-electron chi connectivity index (χ2n) is 4.24. The third-order valence-corrected chi connectivity index (χ3v) is 2.91. The van der Waals surface area contributed by atoms with Crippen LogP contribution in [0.25, 0.3) is 11.3 Å². The molecule has 1 aromatic carbocycles. The highest BCUT2D eigenvalue weighted by atomic mass is 16.7. The summed E-state index contributed by atoms with van der Waals surface area (Å²) in [5.74, 6) is 0.609. The second kappa shape index (κ2) is 4.64. The number of aliphatic carboxylic acids is 1. The Bertz CT molecular complexity index is 621. The fourth-order valence-electron chi connectivity index (χ4n) is 1.94. The normalized spacial score (nSPS) is 12.6. The van der Waals surface area contributed by atoms with Gasteiger partial charge in [0.2, 0.25) is 6.79 Å². The van der Waals surface area contributed by atoms with Gasteiger partial charge in [-0.25, -0.2) is 0 Å². The zero-order valence-electron chi connectivity index (χ0n) is 10.0. The third kappa shape index (κ3) is 2.37. The van der Waals surface area contributed by atoms with Crippen LogP contribution in [0, 0.1) is 0 Å². The Morgan fingerprint density at radius 2 is 2.16 bits per heavy atom. The van der Waals surface area contributed by atoms with Gasteiger partial charge in [0.1, 0.15) is 0 Å². The van der Waals surface area contributed by atoms with Gasteiger partial charge in [-0.05, 0) is 30.7 Å². The number of ether oxygens (including phenoxy) is 2. The van der Waals surface area contributed by atoms with E-state index in [1.54, 1.807) is 0 Å². The molecule has 1 aliphatic heterocycles. The van der Waals surface area contributed by atoms with E-state index in [9.17, 15) is 4.79 Å². The minimum atomic E-state index is -0.820. The number of rotatable bonds is 4. The van der Waals surface area contributed by atoms with Crippen LogP contribution in [0.4, 0.5) is 0 Å². The summed E-state index contributed by atoms with van der Waals surface area (Å²) in [6.45, 7) is 0.239. The Kier molecular flexibility index (Phi) is 2.83. The molecular formula is C13H12N2O4. The molecule has 6 nitrogen and oxygen atoms in total. The fourth-order valence-corrected chi connectivity index (χ4v) is 1.94. The van der Waals surface area contributed by atoms with Gasteiger partial charge >= 0.3 is 5.97 Å². The molecule has 0 unspecified atom stereocenters. The maximum Gasteiger partial charge on any atom is 0.303 e. The topological polar surface area (TPSA) is 84.4 Å². The highest BCUT2D eigenvalue weighted by molar-refractivity contribution is 5.67. The van der Waals surface area contributed by atoms with Crippen molar-refractivity contribution in [3.05, 3.63) is 30.0 Å². The molecule has 0 spiro atoms. The molecule has 6 heteroatoms. The largest absolute Gasteiger partial charge is 0.481 e. The van der Waals surface area contributed by atoms with Gasteiger partial charge in [-0.1, -0.05) is 0 Å². The second-order valence-corrected chi connectivity index (χ2v) is 4.24. The van der Waals surface area contributed by atoms with Gasteiger partial charge in [0.25, 0.3) is 0 Å². The summed E-state index contributed by atoms with van der Waals surface area (Å²) in [5.41, 5.74) is 2.47. The van der Waals surface area contributed by atoms with E-state index in [0.29, 0.717) is 12.2 Å². The molecule has 0 fully saturated rings. The zero-order valence-corrected chi connectivity index (χ0v) is 10.0. The molecule has 3 rings (SSSR count). The minimum Gasteiger partial charge on any atom is -0.481 e. The van der Waals surface area contributed by atoms with Crippen LogP contribution in [0.2, 0.25) is 0 Å². The molecule has 1 aromatic heterocycles. The summed E-state index contributed by atoms with van der Waals surface area (Å²) < 4.78 is 10.6. The summed E-state index contributed by atoms with van der Waals surface area (Å²) in [6, 6.07) is 7.44. The van der Waals surface area contributed by atoms with E-state index in [1.807, 2.05) is 24.3 Å². The molecule has 2 N–H and O–H groups in total. The van der Waals surface area contributed by atoms with Crippen LogP contribution in [0.3, 0.4) is 0 Å². The van der Waals surface area contributed by atoms with Gasteiger partial charge in [-0.15, -0.1) is 0 Å². The van der Waals surface area contributed by atoms with Crippen molar-refractivity contribution in [2.24, 2.45) is 0 Å². The van der Waals surface area contributed by atoms with Crippen LogP contribution in [0.5, 0.6) is 11.5 Å². The summed E-state index contributed by atoms with van der Waals surface area (Å²) in [4.78, 5) is 10.5. The number of carboxylic acids is 1. The first kappa shape index (κ1) is 11.6. The molecule has 2 aromatic rings. The van der Waals surface area contributed by atoms with Crippen LogP contribution >= 0.6 is 0 Å². The van der Waals surface area contributed by atoms with Crippen molar-refractivity contribution in [2.45, 2.75) is 12.8 Å². The highest BCUT2D eigenvalue weighted by Gasteiger charge is 2.15. The molecule has 0 amide bonds. The lowest BCUT2D eigenvalue weighted by atomic mass is 10.1. The van der Waals surface area contributed by atoms with E-state index in [2.05, 4.69) is 10.2 Å². The number of carbonyl (C=O) groups is 1. The molecule has 19 heavy (non-hydrogen) atoms. The Labute approximate surface area is 109 Å². The van der Waals surface area contributed by atoms with Gasteiger partial charge in [0, 0.05) is 11.3 Å². The van der Waals surface area contributed by atoms with Crippen molar-refractivity contribution in [1.82, 2.24) is 10.2 Å². The van der Waals surface area contributed by atoms with Crippen molar-refractivity contribution in [2.75, 3.05) is 6.79 Å². The Morgan fingerprint density at radius 1 is 1.32 bits per heavy atom. The molecule has 98 valence electrons. The summed E-state index contributed by atoms with van der Waals surface area (Å²) in [6.07, 6.45) is 0.523. The molecule has 2 heterocycles. The first-order valence-corrected chi connectivity index (χ1v) is 5.88. The van der Waals surface area contributed by atoms with Crippen molar-refractivity contribution in [3.63, 3.8) is 0 Å². The van der Waals surface area contributed by atoms with E-state index < -0.39 is 5.97 Å². The number of hydrogen-bond acceptors (Lipinski definition) is 4. The number of aromatic nitrogens is 2. The minimum absolute atomic E-state index is 0.0861. The zero-order chi connectivity index (χ0) is 13.2. The number of nitrogens with one attached hydrogen (secondary N) is 1. The van der Waals surface area contributed by atoms with E-state index in [0.717, 1.165) is 22.7 Å². The number of hydrogen-bond donors (Lipinski definition) is 2. The highest BCUT2D eigenvalue weighted by Crippen LogP contribution is 2.35. The van der Waals surface area contributed by atoms with Crippen LogP contribution in [0.1, 0.15) is 12.1 Å². The van der Waals surface area contributed by atoms with E-state index in [-0.39, 0.29) is 13.2 Å². The van der Waals surface area contributed by atoms with Crippen LogP contribution in [0.15, 0.2) is 24.3 Å². The average Bonchev–Trinajstić information content (AvgIpc) is 3.04. The van der Waals surface area contributed by atoms with Gasteiger partial charge in [0.05, 0.1) is 12.1 Å². The molecule has 0 radical (unpaired) electrons. The summed E-state index contributed by atoms with van der Waals surface area (Å²) >= 11 is 0. The number of nitrogens with zero attached hydrogens (tertiary/aromatic N) is 1. The first-order valence-electron chi connectivity index (χ1n) is 5.88. The van der Waals surface area contributed by atoms with Crippen molar-refractivity contribution >= 4 is 5.97 Å². The lowest BCUT2D eigenvalue weighted by molar-refractivity contribution is -0.136. The third-order valence-electron chi connectivity index (χ3n) is 2.91. The molecule has 0 bridgehead atoms.